The Morgan fingerprint density at radius 3 is 0.852 bits per heavy atom. The van der Waals surface area contributed by atoms with Crippen molar-refractivity contribution in [3.8, 4) is 112 Å². The largest absolute Gasteiger partial charge is 2.00 e. The van der Waals surface area contributed by atoms with Crippen LogP contribution in [0.1, 0.15) is 11.1 Å². The molecule has 0 unspecified atom stereocenters. The maximum absolute atomic E-state index is 4.97. The van der Waals surface area contributed by atoms with E-state index >= 15 is 0 Å². The van der Waals surface area contributed by atoms with Crippen molar-refractivity contribution in [3.05, 3.63) is 509 Å². The summed E-state index contributed by atoms with van der Waals surface area (Å²) in [7, 11) is 0. The summed E-state index contributed by atoms with van der Waals surface area (Å²) < 4.78 is 0. The SMILES string of the molecule is Cc1cnc(-c2[c-]c(N(c3[c-]c(-c4cc(-c5ccc(-c6ccccc6)cc5)ccn4)ccc3)c3ccc(N(c4ccccc4)c4ccccc4)cc3)ccc2)cc1-c1ccccc1.Cc1cnc(-c2[c-]c(N(c3[c-]c(-c4ccccn4)cc(-c4ccccc4)c3)c3ccc(N(c4ccccc4)c4ccccc4)cc3)ccc2)cc1-c1ccc(-c2ccccc2)cc1.[Pt+2].[Pt+2]. The summed E-state index contributed by atoms with van der Waals surface area (Å²) >= 11 is 0. The second-order valence-corrected chi connectivity index (χ2v) is 30.8. The van der Waals surface area contributed by atoms with Crippen LogP contribution >= 0.6 is 0 Å². The number of hydrogen-bond acceptors (Lipinski definition) is 8. The predicted octanol–water partition coefficient (Wildman–Crippen LogP) is 31.3. The molecule has 128 heavy (non-hydrogen) atoms. The molecule has 0 fully saturated rings. The molecule has 0 radical (unpaired) electrons. The minimum Gasteiger partial charge on any atom is -0.346 e. The van der Waals surface area contributed by atoms with Crippen molar-refractivity contribution in [2.45, 2.75) is 13.8 Å². The first-order chi connectivity index (χ1) is 62.3. The molecular weight excluding hydrogens is 1920 g/mol. The molecule has 0 aliphatic rings. The molecular formula is C118H84N8Pt2. The first kappa shape index (κ1) is 84.9. The van der Waals surface area contributed by atoms with Crippen LogP contribution in [0.25, 0.3) is 112 Å². The maximum atomic E-state index is 4.97. The number of anilines is 12. The van der Waals surface area contributed by atoms with Crippen molar-refractivity contribution in [1.82, 2.24) is 19.9 Å². The molecule has 4 aromatic heterocycles. The summed E-state index contributed by atoms with van der Waals surface area (Å²) in [5.41, 5.74) is 34.7. The molecule has 16 aromatic carbocycles. The first-order valence-corrected chi connectivity index (χ1v) is 42.3. The molecule has 0 amide bonds. The van der Waals surface area contributed by atoms with Crippen LogP contribution in [-0.4, -0.2) is 19.9 Å². The van der Waals surface area contributed by atoms with Gasteiger partial charge in [0.25, 0.3) is 0 Å². The van der Waals surface area contributed by atoms with E-state index in [2.05, 4.69) is 440 Å². The standard InChI is InChI=1S/2C59H42N4.2Pt/c1-43-42-61-59(41-57(43)47-18-8-3-9-19-47)50-21-15-27-56(39-50)63(54-34-32-53(33-35-54)62(51-22-10-4-11-23-51)52-24-12-5-13-25-52)55-26-14-20-49(38-55)58-40-48(36-37-60-58)46-30-28-45(29-31-46)44-16-6-2-7-17-44;1-43-42-61-59(41-57(43)47-30-28-46(29-31-47)44-17-6-2-7-18-44)48-21-16-26-55(38-48)63(56-39-49(45-19-8-3-9-20-45)37-50(40-56)58-27-14-15-36-60-58)54-34-32-53(33-35-54)62(51-22-10-4-11-23-51)52-24-12-5-13-25-52;;/h2-37,40-42H,1H3;2-37,39,41-42H,1H3;;/q2*-2;2*+2. The summed E-state index contributed by atoms with van der Waals surface area (Å²) in [5.74, 6) is 0. The predicted molar refractivity (Wildman–Crippen MR) is 522 cm³/mol. The summed E-state index contributed by atoms with van der Waals surface area (Å²) in [6.07, 6.45) is 7.63. The summed E-state index contributed by atoms with van der Waals surface area (Å²) in [5, 5.41) is 0. The fourth-order valence-corrected chi connectivity index (χ4v) is 16.2. The molecule has 0 spiro atoms. The van der Waals surface area contributed by atoms with E-state index in [4.69, 9.17) is 19.9 Å². The van der Waals surface area contributed by atoms with Gasteiger partial charge < -0.3 is 39.5 Å². The van der Waals surface area contributed by atoms with E-state index in [-0.39, 0.29) is 42.1 Å². The molecule has 10 heteroatoms. The van der Waals surface area contributed by atoms with Gasteiger partial charge in [-0.05, 0) is 241 Å². The van der Waals surface area contributed by atoms with Gasteiger partial charge in [0.05, 0.1) is 0 Å². The number of aromatic nitrogens is 4. The van der Waals surface area contributed by atoms with Crippen molar-refractivity contribution in [2.24, 2.45) is 0 Å². The van der Waals surface area contributed by atoms with Gasteiger partial charge in [-0.25, -0.2) is 0 Å². The van der Waals surface area contributed by atoms with Crippen LogP contribution in [0, 0.1) is 38.1 Å². The third kappa shape index (κ3) is 19.3. The molecule has 8 nitrogen and oxygen atoms in total. The van der Waals surface area contributed by atoms with Crippen molar-refractivity contribution < 1.29 is 42.1 Å². The monoisotopic (exact) mass is 2000 g/mol. The van der Waals surface area contributed by atoms with E-state index in [0.717, 1.165) is 169 Å². The molecule has 0 aliphatic carbocycles. The molecule has 0 saturated heterocycles. The first-order valence-electron chi connectivity index (χ1n) is 42.3. The molecule has 20 aromatic rings. The Balaban J connectivity index is 0.000000177. The summed E-state index contributed by atoms with van der Waals surface area (Å²) in [6, 6.07) is 172. The number of benzene rings is 16. The zero-order chi connectivity index (χ0) is 84.8. The number of para-hydroxylation sites is 4. The number of pyridine rings is 4. The van der Waals surface area contributed by atoms with Crippen molar-refractivity contribution in [2.75, 3.05) is 19.6 Å². The van der Waals surface area contributed by atoms with Gasteiger partial charge >= 0.3 is 42.1 Å². The van der Waals surface area contributed by atoms with Crippen LogP contribution in [0.4, 0.5) is 68.2 Å². The zero-order valence-corrected chi connectivity index (χ0v) is 74.8. The molecule has 0 saturated carbocycles. The Morgan fingerprint density at radius 1 is 0.180 bits per heavy atom. The Labute approximate surface area is 778 Å². The van der Waals surface area contributed by atoms with E-state index in [1.807, 2.05) is 91.5 Å². The molecule has 20 rings (SSSR count). The van der Waals surface area contributed by atoms with Crippen LogP contribution < -0.4 is 19.6 Å². The van der Waals surface area contributed by atoms with Gasteiger partial charge in [0, 0.05) is 70.3 Å². The molecule has 0 aliphatic heterocycles. The van der Waals surface area contributed by atoms with Crippen LogP contribution in [0.15, 0.2) is 474 Å². The quantitative estimate of drug-likeness (QED) is 0.0622. The van der Waals surface area contributed by atoms with E-state index in [9.17, 15) is 0 Å². The normalized spacial score (nSPS) is 10.8. The van der Waals surface area contributed by atoms with Gasteiger partial charge in [0.2, 0.25) is 0 Å². The topological polar surface area (TPSA) is 64.5 Å². The maximum Gasteiger partial charge on any atom is 2.00 e. The van der Waals surface area contributed by atoms with Crippen LogP contribution in [0.3, 0.4) is 0 Å². The van der Waals surface area contributed by atoms with Crippen molar-refractivity contribution in [1.29, 1.82) is 0 Å². The van der Waals surface area contributed by atoms with Gasteiger partial charge in [0.15, 0.2) is 0 Å². The number of rotatable bonds is 22. The average Bonchev–Trinajstić information content (AvgIpc) is 0.777. The second-order valence-electron chi connectivity index (χ2n) is 30.8. The van der Waals surface area contributed by atoms with Gasteiger partial charge in [-0.2, -0.15) is 0 Å². The average molecular weight is 2000 g/mol. The third-order valence-corrected chi connectivity index (χ3v) is 22.5. The van der Waals surface area contributed by atoms with Gasteiger partial charge in [-0.3, -0.25) is 0 Å². The zero-order valence-electron chi connectivity index (χ0n) is 70.2. The van der Waals surface area contributed by atoms with Gasteiger partial charge in [-0.15, -0.1) is 113 Å². The Morgan fingerprint density at radius 2 is 0.469 bits per heavy atom. The number of aryl methyl sites for hydroxylation is 2. The van der Waals surface area contributed by atoms with E-state index in [0.29, 0.717) is 0 Å². The number of hydrogen-bond donors (Lipinski definition) is 0. The number of nitrogens with zero attached hydrogens (tertiary/aromatic N) is 8. The Hall–Kier alpha value is -15.3. The Bertz CT molecular complexity index is 6920. The van der Waals surface area contributed by atoms with Gasteiger partial charge in [-0.1, -0.05) is 279 Å². The molecule has 0 N–H and O–H groups in total. The molecule has 0 bridgehead atoms. The van der Waals surface area contributed by atoms with E-state index in [1.54, 1.807) is 0 Å². The minimum absolute atomic E-state index is 0. The molecule has 616 valence electrons. The van der Waals surface area contributed by atoms with Gasteiger partial charge in [0.1, 0.15) is 0 Å². The van der Waals surface area contributed by atoms with E-state index in [1.165, 1.54) is 22.3 Å². The summed E-state index contributed by atoms with van der Waals surface area (Å²) in [4.78, 5) is 28.5. The fraction of sp³-hybridized carbons (Fsp3) is 0.0169. The fourth-order valence-electron chi connectivity index (χ4n) is 16.2. The van der Waals surface area contributed by atoms with Crippen LogP contribution in [0.5, 0.6) is 0 Å². The minimum atomic E-state index is 0. The second kappa shape index (κ2) is 40.1. The van der Waals surface area contributed by atoms with Crippen LogP contribution in [0.2, 0.25) is 0 Å². The Kier molecular flexibility index (Phi) is 26.6. The molecule has 0 atom stereocenters. The van der Waals surface area contributed by atoms with Crippen molar-refractivity contribution in [3.63, 3.8) is 0 Å². The third-order valence-electron chi connectivity index (χ3n) is 22.5. The van der Waals surface area contributed by atoms with Crippen LogP contribution in [-0.2, 0) is 42.1 Å². The van der Waals surface area contributed by atoms with E-state index < -0.39 is 0 Å². The summed E-state index contributed by atoms with van der Waals surface area (Å²) in [6.45, 7) is 4.23. The molecule has 4 heterocycles. The smallest absolute Gasteiger partial charge is 0.346 e. The van der Waals surface area contributed by atoms with Crippen molar-refractivity contribution >= 4 is 68.2 Å².